The van der Waals surface area contributed by atoms with E-state index in [-0.39, 0.29) is 17.2 Å². The van der Waals surface area contributed by atoms with E-state index in [0.717, 1.165) is 0 Å². The zero-order valence-electron chi connectivity index (χ0n) is 18.4. The molecule has 1 aliphatic heterocycles. The minimum absolute atomic E-state index is 0.0669. The number of para-hydroxylation sites is 1. The predicted molar refractivity (Wildman–Crippen MR) is 130 cm³/mol. The van der Waals surface area contributed by atoms with Gasteiger partial charge in [0.25, 0.3) is 11.7 Å². The zero-order chi connectivity index (χ0) is 24.4. The summed E-state index contributed by atoms with van der Waals surface area (Å²) >= 11 is 5.97. The molecule has 1 fully saturated rings. The number of methoxy groups -OCH3 is 1. The number of benzene rings is 3. The third-order valence-electron chi connectivity index (χ3n) is 5.46. The first-order chi connectivity index (χ1) is 16.3. The van der Waals surface area contributed by atoms with Crippen LogP contribution in [0, 0.1) is 0 Å². The Morgan fingerprint density at radius 3 is 2.26 bits per heavy atom. The molecule has 0 saturated carbocycles. The molecule has 1 atom stereocenters. The van der Waals surface area contributed by atoms with Crippen molar-refractivity contribution in [2.75, 3.05) is 17.3 Å². The maximum absolute atomic E-state index is 13.3. The quantitative estimate of drug-likeness (QED) is 0.309. The lowest BCUT2D eigenvalue weighted by Gasteiger charge is -2.26. The number of hydrogen-bond donors (Lipinski definition) is 2. The molecular formula is C26H21ClN2O5. The molecule has 8 heteroatoms. The number of nitrogens with one attached hydrogen (secondary N) is 1. The molecule has 2 N–H and O–H groups in total. The summed E-state index contributed by atoms with van der Waals surface area (Å²) in [5.41, 5.74) is 1.78. The Labute approximate surface area is 201 Å². The maximum Gasteiger partial charge on any atom is 0.300 e. The minimum Gasteiger partial charge on any atom is -0.507 e. The number of ether oxygens (including phenoxy) is 1. The first kappa shape index (κ1) is 23.1. The topological polar surface area (TPSA) is 95.9 Å². The highest BCUT2D eigenvalue weighted by Gasteiger charge is 2.47. The molecule has 34 heavy (non-hydrogen) atoms. The molecule has 0 aliphatic carbocycles. The van der Waals surface area contributed by atoms with Gasteiger partial charge in [-0.3, -0.25) is 19.3 Å². The van der Waals surface area contributed by atoms with Gasteiger partial charge in [0.15, 0.2) is 0 Å². The molecule has 3 aromatic carbocycles. The van der Waals surface area contributed by atoms with E-state index in [1.807, 2.05) is 0 Å². The van der Waals surface area contributed by atoms with Crippen molar-refractivity contribution < 1.29 is 24.2 Å². The van der Waals surface area contributed by atoms with Gasteiger partial charge < -0.3 is 15.2 Å². The fraction of sp³-hybridized carbons (Fsp3) is 0.115. The maximum atomic E-state index is 13.3. The van der Waals surface area contributed by atoms with Crippen LogP contribution in [0.5, 0.6) is 5.75 Å². The summed E-state index contributed by atoms with van der Waals surface area (Å²) < 4.78 is 5.51. The monoisotopic (exact) mass is 476 g/mol. The second-order valence-electron chi connectivity index (χ2n) is 7.65. The van der Waals surface area contributed by atoms with Crippen LogP contribution in [-0.2, 0) is 14.4 Å². The zero-order valence-corrected chi connectivity index (χ0v) is 19.2. The van der Waals surface area contributed by atoms with E-state index in [0.29, 0.717) is 33.3 Å². The van der Waals surface area contributed by atoms with E-state index >= 15 is 0 Å². The lowest BCUT2D eigenvalue weighted by molar-refractivity contribution is -0.132. The first-order valence-corrected chi connectivity index (χ1v) is 10.8. The summed E-state index contributed by atoms with van der Waals surface area (Å²) in [4.78, 5) is 39.2. The number of anilines is 2. The number of aliphatic hydroxyl groups excluding tert-OH is 1. The van der Waals surface area contributed by atoms with E-state index in [1.54, 1.807) is 72.8 Å². The fourth-order valence-corrected chi connectivity index (χ4v) is 4.08. The summed E-state index contributed by atoms with van der Waals surface area (Å²) in [7, 11) is 1.49. The van der Waals surface area contributed by atoms with Gasteiger partial charge in [0.1, 0.15) is 11.5 Å². The smallest absolute Gasteiger partial charge is 0.300 e. The average Bonchev–Trinajstić information content (AvgIpc) is 3.09. The largest absolute Gasteiger partial charge is 0.507 e. The standard InChI is InChI=1S/C26H21ClN2O5/c1-15(30)28-18-11-13-19(14-12-18)29-23(20-5-3-4-6-21(20)34-2)22(25(32)26(29)33)24(31)16-7-9-17(27)10-8-16/h3-14,23,31H,1-2H3,(H,28,30)/b24-22-. The number of amides is 2. The van der Waals surface area contributed by atoms with Gasteiger partial charge in [-0.05, 0) is 54.6 Å². The fourth-order valence-electron chi connectivity index (χ4n) is 3.96. The van der Waals surface area contributed by atoms with Gasteiger partial charge >= 0.3 is 0 Å². The Morgan fingerprint density at radius 2 is 1.65 bits per heavy atom. The summed E-state index contributed by atoms with van der Waals surface area (Å²) in [6.45, 7) is 1.39. The highest BCUT2D eigenvalue weighted by atomic mass is 35.5. The molecule has 1 aliphatic rings. The summed E-state index contributed by atoms with van der Waals surface area (Å²) in [6, 6.07) is 18.9. The van der Waals surface area contributed by atoms with Crippen molar-refractivity contribution in [2.24, 2.45) is 0 Å². The van der Waals surface area contributed by atoms with Crippen LogP contribution in [0.25, 0.3) is 5.76 Å². The molecule has 0 bridgehead atoms. The van der Waals surface area contributed by atoms with Crippen molar-refractivity contribution >= 4 is 46.3 Å². The van der Waals surface area contributed by atoms with Crippen LogP contribution >= 0.6 is 11.6 Å². The molecule has 1 saturated heterocycles. The third kappa shape index (κ3) is 4.25. The molecule has 0 spiro atoms. The molecule has 0 radical (unpaired) electrons. The first-order valence-electron chi connectivity index (χ1n) is 10.4. The molecule has 3 aromatic rings. The van der Waals surface area contributed by atoms with Gasteiger partial charge in [-0.25, -0.2) is 0 Å². The van der Waals surface area contributed by atoms with Crippen LogP contribution in [0.2, 0.25) is 5.02 Å². The molecule has 172 valence electrons. The molecule has 1 unspecified atom stereocenters. The number of nitrogens with zero attached hydrogens (tertiary/aromatic N) is 1. The minimum atomic E-state index is -0.946. The number of carbonyl (C=O) groups excluding carboxylic acids is 3. The van der Waals surface area contributed by atoms with Gasteiger partial charge in [0.2, 0.25) is 5.91 Å². The van der Waals surface area contributed by atoms with Crippen LogP contribution < -0.4 is 15.0 Å². The number of aliphatic hydroxyl groups is 1. The number of rotatable bonds is 5. The average molecular weight is 477 g/mol. The van der Waals surface area contributed by atoms with Crippen molar-refractivity contribution in [3.8, 4) is 5.75 Å². The van der Waals surface area contributed by atoms with Crippen LogP contribution in [-0.4, -0.2) is 29.8 Å². The Bertz CT molecular complexity index is 1300. The normalized spacial score (nSPS) is 17.0. The lowest BCUT2D eigenvalue weighted by atomic mass is 9.94. The number of ketones is 1. The van der Waals surface area contributed by atoms with E-state index in [1.165, 1.54) is 18.9 Å². The predicted octanol–water partition coefficient (Wildman–Crippen LogP) is 4.93. The molecule has 0 aromatic heterocycles. The van der Waals surface area contributed by atoms with E-state index in [2.05, 4.69) is 5.32 Å². The van der Waals surface area contributed by atoms with Crippen LogP contribution in [0.15, 0.2) is 78.4 Å². The highest BCUT2D eigenvalue weighted by molar-refractivity contribution is 6.51. The molecular weight excluding hydrogens is 456 g/mol. The SMILES string of the molecule is COc1ccccc1C1/C(=C(/O)c2ccc(Cl)cc2)C(=O)C(=O)N1c1ccc(NC(C)=O)cc1. The Balaban J connectivity index is 1.91. The number of carbonyl (C=O) groups is 3. The van der Waals surface area contributed by atoms with Crippen LogP contribution in [0.1, 0.15) is 24.1 Å². The highest BCUT2D eigenvalue weighted by Crippen LogP contribution is 2.45. The Morgan fingerprint density at radius 1 is 1.00 bits per heavy atom. The van der Waals surface area contributed by atoms with Crippen molar-refractivity contribution in [3.05, 3.63) is 94.5 Å². The lowest BCUT2D eigenvalue weighted by Crippen LogP contribution is -2.29. The third-order valence-corrected chi connectivity index (χ3v) is 5.71. The van der Waals surface area contributed by atoms with E-state index in [4.69, 9.17) is 16.3 Å². The Kier molecular flexibility index (Phi) is 6.38. The molecule has 7 nitrogen and oxygen atoms in total. The molecule has 2 amide bonds. The van der Waals surface area contributed by atoms with E-state index in [9.17, 15) is 19.5 Å². The van der Waals surface area contributed by atoms with Crippen molar-refractivity contribution in [1.29, 1.82) is 0 Å². The van der Waals surface area contributed by atoms with Crippen molar-refractivity contribution in [2.45, 2.75) is 13.0 Å². The van der Waals surface area contributed by atoms with Crippen molar-refractivity contribution in [3.63, 3.8) is 0 Å². The number of hydrogen-bond acceptors (Lipinski definition) is 5. The second kappa shape index (κ2) is 9.41. The van der Waals surface area contributed by atoms with Gasteiger partial charge in [0, 0.05) is 34.4 Å². The van der Waals surface area contributed by atoms with Gasteiger partial charge in [-0.1, -0.05) is 29.8 Å². The van der Waals surface area contributed by atoms with Crippen LogP contribution in [0.3, 0.4) is 0 Å². The second-order valence-corrected chi connectivity index (χ2v) is 8.08. The van der Waals surface area contributed by atoms with E-state index < -0.39 is 17.7 Å². The summed E-state index contributed by atoms with van der Waals surface area (Å²) in [5.74, 6) is -1.71. The molecule has 1 heterocycles. The summed E-state index contributed by atoms with van der Waals surface area (Å²) in [6.07, 6.45) is 0. The number of Topliss-reactive ketones (excluding diaryl/α,β-unsaturated/α-hetero) is 1. The Hall–Kier alpha value is -4.10. The van der Waals surface area contributed by atoms with Crippen molar-refractivity contribution in [1.82, 2.24) is 0 Å². The van der Waals surface area contributed by atoms with Gasteiger partial charge in [0.05, 0.1) is 18.7 Å². The van der Waals surface area contributed by atoms with Gasteiger partial charge in [-0.15, -0.1) is 0 Å². The van der Waals surface area contributed by atoms with Gasteiger partial charge in [-0.2, -0.15) is 0 Å². The van der Waals surface area contributed by atoms with Crippen LogP contribution in [0.4, 0.5) is 11.4 Å². The molecule has 4 rings (SSSR count). The number of halogens is 1. The summed E-state index contributed by atoms with van der Waals surface area (Å²) in [5, 5.41) is 14.3.